The first-order valence-electron chi connectivity index (χ1n) is 7.82. The van der Waals surface area contributed by atoms with Gasteiger partial charge >= 0.3 is 0 Å². The average Bonchev–Trinajstić information content (AvgIpc) is 3.37. The largest absolute Gasteiger partial charge is 0.356 e. The van der Waals surface area contributed by atoms with Gasteiger partial charge in [-0.15, -0.1) is 0 Å². The van der Waals surface area contributed by atoms with Crippen LogP contribution in [0.1, 0.15) is 24.1 Å². The highest BCUT2D eigenvalue weighted by Gasteiger charge is 2.44. The standard InChI is InChI=1S/C18H21ClN4/c1-20-17(22-12-16-7-2-3-10-21-16)23-13-18(8-9-18)14-5-4-6-15(19)11-14/h2-7,10-11H,8-9,12-13H2,1H3,(H2,20,22,23). The first-order chi connectivity index (χ1) is 11.2. The summed E-state index contributed by atoms with van der Waals surface area (Å²) in [5, 5.41) is 7.53. The third-order valence-corrected chi connectivity index (χ3v) is 4.51. The molecule has 0 saturated heterocycles. The lowest BCUT2D eigenvalue weighted by atomic mass is 9.96. The maximum atomic E-state index is 6.12. The number of aromatic nitrogens is 1. The molecule has 2 aromatic rings. The van der Waals surface area contributed by atoms with Gasteiger partial charge in [0.2, 0.25) is 0 Å². The van der Waals surface area contributed by atoms with Crippen molar-refractivity contribution in [3.8, 4) is 0 Å². The molecule has 0 radical (unpaired) electrons. The van der Waals surface area contributed by atoms with E-state index in [0.29, 0.717) is 6.54 Å². The summed E-state index contributed by atoms with van der Waals surface area (Å²) in [5.41, 5.74) is 2.48. The molecule has 1 aromatic carbocycles. The summed E-state index contributed by atoms with van der Waals surface area (Å²) >= 11 is 6.12. The van der Waals surface area contributed by atoms with Crippen LogP contribution >= 0.6 is 11.6 Å². The highest BCUT2D eigenvalue weighted by Crippen LogP contribution is 2.48. The fourth-order valence-corrected chi connectivity index (χ4v) is 2.88. The van der Waals surface area contributed by atoms with Crippen molar-refractivity contribution < 1.29 is 0 Å². The normalized spacial score (nSPS) is 16.0. The van der Waals surface area contributed by atoms with Gasteiger partial charge in [-0.25, -0.2) is 0 Å². The lowest BCUT2D eigenvalue weighted by Crippen LogP contribution is -2.41. The molecule has 23 heavy (non-hydrogen) atoms. The van der Waals surface area contributed by atoms with Gasteiger partial charge in [-0.3, -0.25) is 9.98 Å². The van der Waals surface area contributed by atoms with Crippen molar-refractivity contribution in [1.82, 2.24) is 15.6 Å². The lowest BCUT2D eigenvalue weighted by molar-refractivity contribution is 0.644. The predicted molar refractivity (Wildman–Crippen MR) is 94.8 cm³/mol. The molecule has 1 saturated carbocycles. The molecule has 0 amide bonds. The van der Waals surface area contributed by atoms with Gasteiger partial charge < -0.3 is 10.6 Å². The number of rotatable bonds is 5. The van der Waals surface area contributed by atoms with Gasteiger partial charge in [0.25, 0.3) is 0 Å². The molecule has 1 heterocycles. The lowest BCUT2D eigenvalue weighted by Gasteiger charge is -2.19. The van der Waals surface area contributed by atoms with Gasteiger partial charge in [0, 0.05) is 30.2 Å². The van der Waals surface area contributed by atoms with Crippen LogP contribution in [-0.4, -0.2) is 24.5 Å². The number of nitrogens with one attached hydrogen (secondary N) is 2. The van der Waals surface area contributed by atoms with Crippen LogP contribution in [0.3, 0.4) is 0 Å². The van der Waals surface area contributed by atoms with E-state index in [0.717, 1.165) is 23.2 Å². The quantitative estimate of drug-likeness (QED) is 0.655. The Bertz CT molecular complexity index is 680. The van der Waals surface area contributed by atoms with Crippen molar-refractivity contribution in [3.63, 3.8) is 0 Å². The number of aliphatic imine (C=N–C) groups is 1. The van der Waals surface area contributed by atoms with E-state index in [2.05, 4.69) is 32.7 Å². The van der Waals surface area contributed by atoms with Crippen LogP contribution in [0.25, 0.3) is 0 Å². The first-order valence-corrected chi connectivity index (χ1v) is 8.20. The first kappa shape index (κ1) is 15.8. The van der Waals surface area contributed by atoms with Crippen LogP contribution in [0.2, 0.25) is 5.02 Å². The van der Waals surface area contributed by atoms with Crippen LogP contribution in [0.4, 0.5) is 0 Å². The van der Waals surface area contributed by atoms with Crippen molar-refractivity contribution >= 4 is 17.6 Å². The Morgan fingerprint density at radius 3 is 2.74 bits per heavy atom. The molecule has 120 valence electrons. The zero-order valence-electron chi connectivity index (χ0n) is 13.2. The van der Waals surface area contributed by atoms with Crippen LogP contribution in [0.15, 0.2) is 53.7 Å². The van der Waals surface area contributed by atoms with Gasteiger partial charge in [-0.1, -0.05) is 29.8 Å². The third kappa shape index (κ3) is 4.02. The number of benzene rings is 1. The van der Waals surface area contributed by atoms with Crippen molar-refractivity contribution in [2.45, 2.75) is 24.8 Å². The number of guanidine groups is 1. The number of nitrogens with zero attached hydrogens (tertiary/aromatic N) is 2. The molecule has 5 heteroatoms. The third-order valence-electron chi connectivity index (χ3n) is 4.27. The Balaban J connectivity index is 1.56. The molecule has 2 N–H and O–H groups in total. The van der Waals surface area contributed by atoms with Crippen LogP contribution < -0.4 is 10.6 Å². The zero-order chi connectivity index (χ0) is 16.1. The molecule has 0 spiro atoms. The minimum Gasteiger partial charge on any atom is -0.356 e. The van der Waals surface area contributed by atoms with E-state index in [1.807, 2.05) is 30.3 Å². The van der Waals surface area contributed by atoms with E-state index in [1.165, 1.54) is 18.4 Å². The Hall–Kier alpha value is -2.07. The summed E-state index contributed by atoms with van der Waals surface area (Å²) in [5.74, 6) is 0.795. The minimum absolute atomic E-state index is 0.188. The Morgan fingerprint density at radius 2 is 2.09 bits per heavy atom. The van der Waals surface area contributed by atoms with E-state index in [-0.39, 0.29) is 5.41 Å². The van der Waals surface area contributed by atoms with E-state index in [9.17, 15) is 0 Å². The molecule has 4 nitrogen and oxygen atoms in total. The monoisotopic (exact) mass is 328 g/mol. The molecule has 1 aliphatic rings. The van der Waals surface area contributed by atoms with Gasteiger partial charge in [-0.2, -0.15) is 0 Å². The molecule has 3 rings (SSSR count). The topological polar surface area (TPSA) is 49.3 Å². The molecule has 0 bridgehead atoms. The Labute approximate surface area is 142 Å². The molecule has 1 aliphatic carbocycles. The number of hydrogen-bond acceptors (Lipinski definition) is 2. The summed E-state index contributed by atoms with van der Waals surface area (Å²) < 4.78 is 0. The number of pyridine rings is 1. The van der Waals surface area contributed by atoms with Gasteiger partial charge in [0.1, 0.15) is 0 Å². The predicted octanol–water partition coefficient (Wildman–Crippen LogP) is 3.13. The van der Waals surface area contributed by atoms with Crippen molar-refractivity contribution in [2.24, 2.45) is 4.99 Å². The average molecular weight is 329 g/mol. The van der Waals surface area contributed by atoms with Crippen molar-refractivity contribution in [2.75, 3.05) is 13.6 Å². The Morgan fingerprint density at radius 1 is 1.22 bits per heavy atom. The molecule has 1 aromatic heterocycles. The van der Waals surface area contributed by atoms with E-state index in [1.54, 1.807) is 13.2 Å². The van der Waals surface area contributed by atoms with Gasteiger partial charge in [0.05, 0.1) is 12.2 Å². The number of hydrogen-bond donors (Lipinski definition) is 2. The second kappa shape index (κ2) is 7.01. The molecule has 1 fully saturated rings. The summed E-state index contributed by atoms with van der Waals surface area (Å²) in [7, 11) is 1.78. The minimum atomic E-state index is 0.188. The molecule has 0 unspecified atom stereocenters. The van der Waals surface area contributed by atoms with E-state index in [4.69, 9.17) is 11.6 Å². The molecular formula is C18H21ClN4. The summed E-state index contributed by atoms with van der Waals surface area (Å²) in [6, 6.07) is 14.1. The van der Waals surface area contributed by atoms with E-state index < -0.39 is 0 Å². The maximum Gasteiger partial charge on any atom is 0.191 e. The van der Waals surface area contributed by atoms with Crippen molar-refractivity contribution in [3.05, 3.63) is 64.9 Å². The summed E-state index contributed by atoms with van der Waals surface area (Å²) in [6.07, 6.45) is 4.15. The van der Waals surface area contributed by atoms with E-state index >= 15 is 0 Å². The second-order valence-corrected chi connectivity index (χ2v) is 6.33. The maximum absolute atomic E-state index is 6.12. The SMILES string of the molecule is CN=C(NCc1ccccn1)NCC1(c2cccc(Cl)c2)CC1. The highest BCUT2D eigenvalue weighted by molar-refractivity contribution is 6.30. The smallest absolute Gasteiger partial charge is 0.191 e. The molecule has 0 atom stereocenters. The molecular weight excluding hydrogens is 308 g/mol. The zero-order valence-corrected chi connectivity index (χ0v) is 14.0. The fourth-order valence-electron chi connectivity index (χ4n) is 2.69. The van der Waals surface area contributed by atoms with Crippen LogP contribution in [0.5, 0.6) is 0 Å². The van der Waals surface area contributed by atoms with Gasteiger partial charge in [-0.05, 0) is 42.7 Å². The van der Waals surface area contributed by atoms with Crippen LogP contribution in [-0.2, 0) is 12.0 Å². The van der Waals surface area contributed by atoms with Gasteiger partial charge in [0.15, 0.2) is 5.96 Å². The number of halogens is 1. The van der Waals surface area contributed by atoms with Crippen LogP contribution in [0, 0.1) is 0 Å². The van der Waals surface area contributed by atoms with Crippen molar-refractivity contribution in [1.29, 1.82) is 0 Å². The summed E-state index contributed by atoms with van der Waals surface area (Å²) in [6.45, 7) is 1.51. The summed E-state index contributed by atoms with van der Waals surface area (Å²) in [4.78, 5) is 8.59. The molecule has 0 aliphatic heterocycles. The fraction of sp³-hybridized carbons (Fsp3) is 0.333. The second-order valence-electron chi connectivity index (χ2n) is 5.89. The Kier molecular flexibility index (Phi) is 4.82. The highest BCUT2D eigenvalue weighted by atomic mass is 35.5.